The minimum Gasteiger partial charge on any atom is -0.495 e. The third kappa shape index (κ3) is 3.30. The summed E-state index contributed by atoms with van der Waals surface area (Å²) in [7, 11) is 3.05. The number of hydrogen-bond acceptors (Lipinski definition) is 4. The SMILES string of the molecule is COc1ccc(C(=O)c2ncc(Br)cc2Br)c(OC)c1Br. The Balaban J connectivity index is 2.55. The molecular weight excluding hydrogens is 470 g/mol. The van der Waals surface area contributed by atoms with Crippen LogP contribution in [0.25, 0.3) is 0 Å². The summed E-state index contributed by atoms with van der Waals surface area (Å²) in [6.07, 6.45) is 1.57. The molecule has 1 aromatic heterocycles. The molecule has 0 spiro atoms. The molecule has 0 aliphatic heterocycles. The van der Waals surface area contributed by atoms with E-state index in [1.807, 2.05) is 0 Å². The number of halogens is 3. The van der Waals surface area contributed by atoms with Crippen LogP contribution in [0.2, 0.25) is 0 Å². The smallest absolute Gasteiger partial charge is 0.216 e. The van der Waals surface area contributed by atoms with Crippen LogP contribution in [0.15, 0.2) is 37.8 Å². The van der Waals surface area contributed by atoms with Crippen LogP contribution in [0.1, 0.15) is 16.1 Å². The lowest BCUT2D eigenvalue weighted by Gasteiger charge is -2.13. The van der Waals surface area contributed by atoms with Crippen molar-refractivity contribution >= 4 is 53.6 Å². The third-order valence-electron chi connectivity index (χ3n) is 2.75. The van der Waals surface area contributed by atoms with Crippen LogP contribution in [0, 0.1) is 0 Å². The Kier molecular flexibility index (Phi) is 5.40. The van der Waals surface area contributed by atoms with Crippen molar-refractivity contribution in [1.29, 1.82) is 0 Å². The Morgan fingerprint density at radius 2 is 1.86 bits per heavy atom. The number of pyridine rings is 1. The fraction of sp³-hybridized carbons (Fsp3) is 0.143. The van der Waals surface area contributed by atoms with Gasteiger partial charge in [0.2, 0.25) is 5.78 Å². The predicted molar refractivity (Wildman–Crippen MR) is 90.3 cm³/mol. The quantitative estimate of drug-likeness (QED) is 0.600. The lowest BCUT2D eigenvalue weighted by molar-refractivity contribution is 0.103. The Hall–Kier alpha value is -0.920. The highest BCUT2D eigenvalue weighted by Gasteiger charge is 2.22. The number of carbonyl (C=O) groups excluding carboxylic acids is 1. The maximum absolute atomic E-state index is 12.7. The highest BCUT2D eigenvalue weighted by atomic mass is 79.9. The normalized spacial score (nSPS) is 10.3. The molecule has 0 atom stereocenters. The van der Waals surface area contributed by atoms with E-state index in [-0.39, 0.29) is 5.78 Å². The van der Waals surface area contributed by atoms with Gasteiger partial charge in [0.1, 0.15) is 21.7 Å². The van der Waals surface area contributed by atoms with Crippen LogP contribution in [0.5, 0.6) is 11.5 Å². The summed E-state index contributed by atoms with van der Waals surface area (Å²) in [5, 5.41) is 0. The van der Waals surface area contributed by atoms with Crippen LogP contribution < -0.4 is 9.47 Å². The Labute approximate surface area is 147 Å². The molecule has 0 unspecified atom stereocenters. The zero-order valence-electron chi connectivity index (χ0n) is 11.1. The molecule has 2 aromatic rings. The second kappa shape index (κ2) is 6.89. The van der Waals surface area contributed by atoms with Gasteiger partial charge in [-0.3, -0.25) is 9.78 Å². The van der Waals surface area contributed by atoms with Crippen LogP contribution in [0.3, 0.4) is 0 Å². The molecule has 0 fully saturated rings. The van der Waals surface area contributed by atoms with E-state index >= 15 is 0 Å². The van der Waals surface area contributed by atoms with Crippen LogP contribution in [-0.4, -0.2) is 25.0 Å². The molecule has 0 saturated heterocycles. The van der Waals surface area contributed by atoms with Crippen molar-refractivity contribution in [3.05, 3.63) is 49.1 Å². The van der Waals surface area contributed by atoms with Crippen molar-refractivity contribution in [1.82, 2.24) is 4.98 Å². The molecule has 21 heavy (non-hydrogen) atoms. The van der Waals surface area contributed by atoms with E-state index in [1.54, 1.807) is 31.5 Å². The summed E-state index contributed by atoms with van der Waals surface area (Å²) in [5.74, 6) is 0.761. The molecule has 0 aliphatic carbocycles. The van der Waals surface area contributed by atoms with Gasteiger partial charge >= 0.3 is 0 Å². The molecule has 0 amide bonds. The van der Waals surface area contributed by atoms with E-state index in [9.17, 15) is 4.79 Å². The average Bonchev–Trinajstić information content (AvgIpc) is 2.46. The molecule has 0 radical (unpaired) electrons. The van der Waals surface area contributed by atoms with Crippen LogP contribution in [-0.2, 0) is 0 Å². The lowest BCUT2D eigenvalue weighted by Crippen LogP contribution is -2.08. The molecule has 0 N–H and O–H groups in total. The number of methoxy groups -OCH3 is 2. The summed E-state index contributed by atoms with van der Waals surface area (Å²) in [4.78, 5) is 16.8. The summed E-state index contributed by atoms with van der Waals surface area (Å²) in [6, 6.07) is 5.12. The van der Waals surface area contributed by atoms with Gasteiger partial charge < -0.3 is 9.47 Å². The lowest BCUT2D eigenvalue weighted by atomic mass is 10.1. The molecule has 0 aliphatic rings. The van der Waals surface area contributed by atoms with Crippen molar-refractivity contribution in [3.8, 4) is 11.5 Å². The fourth-order valence-electron chi connectivity index (χ4n) is 1.78. The monoisotopic (exact) mass is 477 g/mol. The van der Waals surface area contributed by atoms with E-state index in [0.717, 1.165) is 4.47 Å². The summed E-state index contributed by atoms with van der Waals surface area (Å²) in [6.45, 7) is 0. The van der Waals surface area contributed by atoms with Crippen molar-refractivity contribution in [2.24, 2.45) is 0 Å². The molecule has 2 rings (SSSR count). The first kappa shape index (κ1) is 16.5. The number of benzene rings is 1. The Morgan fingerprint density at radius 1 is 1.14 bits per heavy atom. The highest BCUT2D eigenvalue weighted by molar-refractivity contribution is 9.11. The topological polar surface area (TPSA) is 48.4 Å². The minimum atomic E-state index is -0.241. The van der Waals surface area contributed by atoms with Crippen molar-refractivity contribution in [2.45, 2.75) is 0 Å². The number of carbonyl (C=O) groups is 1. The van der Waals surface area contributed by atoms with E-state index in [4.69, 9.17) is 9.47 Å². The predicted octanol–water partition coefficient (Wildman–Crippen LogP) is 4.62. The maximum atomic E-state index is 12.7. The second-order valence-electron chi connectivity index (χ2n) is 3.98. The van der Waals surface area contributed by atoms with Gasteiger partial charge in [0.15, 0.2) is 0 Å². The van der Waals surface area contributed by atoms with Gasteiger partial charge in [-0.25, -0.2) is 0 Å². The number of aromatic nitrogens is 1. The van der Waals surface area contributed by atoms with E-state index in [2.05, 4.69) is 52.8 Å². The third-order valence-corrected chi connectivity index (χ3v) is 4.54. The van der Waals surface area contributed by atoms with Gasteiger partial charge in [-0.15, -0.1) is 0 Å². The van der Waals surface area contributed by atoms with E-state index < -0.39 is 0 Å². The first-order valence-corrected chi connectivity index (χ1v) is 8.13. The molecule has 7 heteroatoms. The highest BCUT2D eigenvalue weighted by Crippen LogP contribution is 2.38. The molecule has 1 aromatic carbocycles. The van der Waals surface area contributed by atoms with E-state index in [0.29, 0.717) is 31.7 Å². The van der Waals surface area contributed by atoms with Gasteiger partial charge in [0.25, 0.3) is 0 Å². The summed E-state index contributed by atoms with van der Waals surface area (Å²) >= 11 is 10.0. The van der Waals surface area contributed by atoms with Crippen molar-refractivity contribution in [2.75, 3.05) is 14.2 Å². The minimum absolute atomic E-state index is 0.241. The zero-order valence-corrected chi connectivity index (χ0v) is 15.9. The largest absolute Gasteiger partial charge is 0.495 e. The van der Waals surface area contributed by atoms with Crippen molar-refractivity contribution < 1.29 is 14.3 Å². The molecule has 1 heterocycles. The van der Waals surface area contributed by atoms with Gasteiger partial charge in [-0.05, 0) is 66.0 Å². The van der Waals surface area contributed by atoms with Gasteiger partial charge in [-0.1, -0.05) is 0 Å². The summed E-state index contributed by atoms with van der Waals surface area (Å²) in [5.41, 5.74) is 0.717. The summed E-state index contributed by atoms with van der Waals surface area (Å²) < 4.78 is 12.5. The average molecular weight is 480 g/mol. The first-order valence-electron chi connectivity index (χ1n) is 5.75. The Morgan fingerprint density at radius 3 is 2.43 bits per heavy atom. The fourth-order valence-corrected chi connectivity index (χ4v) is 3.62. The molecule has 110 valence electrons. The first-order chi connectivity index (χ1) is 9.99. The van der Waals surface area contributed by atoms with Gasteiger partial charge in [0.05, 0.1) is 19.8 Å². The number of ketones is 1. The number of hydrogen-bond donors (Lipinski definition) is 0. The van der Waals surface area contributed by atoms with Crippen LogP contribution >= 0.6 is 47.8 Å². The second-order valence-corrected chi connectivity index (χ2v) is 6.54. The maximum Gasteiger partial charge on any atom is 0.216 e. The van der Waals surface area contributed by atoms with Gasteiger partial charge in [0, 0.05) is 15.1 Å². The number of rotatable bonds is 4. The molecule has 4 nitrogen and oxygen atoms in total. The molecule has 0 saturated carbocycles. The number of ether oxygens (including phenoxy) is 2. The molecule has 0 bridgehead atoms. The van der Waals surface area contributed by atoms with E-state index in [1.165, 1.54) is 7.11 Å². The van der Waals surface area contributed by atoms with Crippen molar-refractivity contribution in [3.63, 3.8) is 0 Å². The van der Waals surface area contributed by atoms with Gasteiger partial charge in [-0.2, -0.15) is 0 Å². The number of nitrogens with zero attached hydrogens (tertiary/aromatic N) is 1. The van der Waals surface area contributed by atoms with Crippen LogP contribution in [0.4, 0.5) is 0 Å². The zero-order chi connectivity index (χ0) is 15.6. The standard InChI is InChI=1S/C14H10Br3NO3/c1-20-10-4-3-8(14(21-2)11(10)17)13(19)12-9(16)5-7(15)6-18-12/h3-6H,1-2H3. The Bertz CT molecular complexity index is 704. The molecular formula is C14H10Br3NO3.